The van der Waals surface area contributed by atoms with Crippen molar-refractivity contribution in [2.24, 2.45) is 0 Å². The van der Waals surface area contributed by atoms with E-state index in [-0.39, 0.29) is 18.5 Å². The molecule has 0 spiro atoms. The summed E-state index contributed by atoms with van der Waals surface area (Å²) in [4.78, 5) is 34.0. The molecule has 3 amide bonds. The molecule has 1 aliphatic rings. The van der Waals surface area contributed by atoms with Gasteiger partial charge in [-0.15, -0.1) is 11.3 Å². The molecule has 3 aromatic rings. The number of aryl methyl sites for hydroxylation is 1. The molecule has 9 heteroatoms. The average Bonchev–Trinajstić information content (AvgIpc) is 3.55. The molecule has 1 aromatic heterocycles. The van der Waals surface area contributed by atoms with Gasteiger partial charge in [-0.3, -0.25) is 4.79 Å². The van der Waals surface area contributed by atoms with Crippen LogP contribution in [0, 0.1) is 6.92 Å². The van der Waals surface area contributed by atoms with E-state index in [1.807, 2.05) is 40.6 Å². The Morgan fingerprint density at radius 3 is 2.43 bits per heavy atom. The van der Waals surface area contributed by atoms with E-state index < -0.39 is 0 Å². The van der Waals surface area contributed by atoms with E-state index in [0.29, 0.717) is 35.4 Å². The smallest absolute Gasteiger partial charge is 0.322 e. The van der Waals surface area contributed by atoms with Gasteiger partial charge in [-0.1, -0.05) is 53.5 Å². The van der Waals surface area contributed by atoms with Gasteiger partial charge in [0.15, 0.2) is 0 Å². The molecule has 0 radical (unpaired) electrons. The van der Waals surface area contributed by atoms with E-state index in [0.717, 1.165) is 48.5 Å². The monoisotopic (exact) mass is 558 g/mol. The minimum Gasteiger partial charge on any atom is -0.332 e. The molecule has 0 unspecified atom stereocenters. The molecule has 1 aliphatic heterocycles. The summed E-state index contributed by atoms with van der Waals surface area (Å²) in [5, 5.41) is 5.76. The van der Waals surface area contributed by atoms with Crippen LogP contribution in [0.4, 0.5) is 10.5 Å². The number of rotatable bonds is 10. The van der Waals surface area contributed by atoms with E-state index in [2.05, 4.69) is 23.2 Å². The first kappa shape index (κ1) is 27.5. The summed E-state index contributed by atoms with van der Waals surface area (Å²) < 4.78 is 0. The van der Waals surface area contributed by atoms with Crippen molar-refractivity contribution >= 4 is 52.2 Å². The minimum absolute atomic E-state index is 0.0257. The first-order valence-electron chi connectivity index (χ1n) is 12.5. The lowest BCUT2D eigenvalue weighted by Gasteiger charge is -2.29. The third kappa shape index (κ3) is 7.95. The molecule has 1 N–H and O–H groups in total. The van der Waals surface area contributed by atoms with Crippen LogP contribution in [-0.4, -0.2) is 59.4 Å². The molecule has 0 atom stereocenters. The molecule has 2 heterocycles. The van der Waals surface area contributed by atoms with Crippen LogP contribution in [0.25, 0.3) is 0 Å². The first-order valence-corrected chi connectivity index (χ1v) is 14.1. The fourth-order valence-corrected chi connectivity index (χ4v) is 5.72. The van der Waals surface area contributed by atoms with E-state index >= 15 is 0 Å². The summed E-state index contributed by atoms with van der Waals surface area (Å²) in [6.07, 6.45) is 2.33. The highest BCUT2D eigenvalue weighted by molar-refractivity contribution is 7.10. The van der Waals surface area contributed by atoms with Gasteiger partial charge in [0.05, 0.1) is 17.3 Å². The molecule has 196 valence electrons. The van der Waals surface area contributed by atoms with E-state index in [4.69, 9.17) is 23.2 Å². The van der Waals surface area contributed by atoms with Crippen LogP contribution < -0.4 is 5.32 Å². The zero-order chi connectivity index (χ0) is 26.2. The van der Waals surface area contributed by atoms with Crippen molar-refractivity contribution in [3.05, 3.63) is 86.0 Å². The molecular weight excluding hydrogens is 527 g/mol. The van der Waals surface area contributed by atoms with E-state index in [1.54, 1.807) is 34.4 Å². The molecule has 0 aliphatic carbocycles. The van der Waals surface area contributed by atoms with Crippen molar-refractivity contribution in [3.63, 3.8) is 0 Å². The number of amides is 3. The Labute approximate surface area is 232 Å². The second-order valence-corrected chi connectivity index (χ2v) is 11.1. The summed E-state index contributed by atoms with van der Waals surface area (Å²) >= 11 is 14.0. The SMILES string of the molecule is Cc1ccsc1CN(Cc1ccccc1)C(=O)CN(CCN1CCCC1)C(=O)Nc1ccc(Cl)cc1Cl. The topological polar surface area (TPSA) is 55.9 Å². The Balaban J connectivity index is 1.51. The molecule has 4 rings (SSSR count). The van der Waals surface area contributed by atoms with Crippen molar-refractivity contribution < 1.29 is 9.59 Å². The van der Waals surface area contributed by atoms with Gasteiger partial charge in [-0.05, 0) is 73.6 Å². The van der Waals surface area contributed by atoms with Crippen LogP contribution in [0.5, 0.6) is 0 Å². The number of anilines is 1. The number of hydrogen-bond acceptors (Lipinski definition) is 4. The summed E-state index contributed by atoms with van der Waals surface area (Å²) in [7, 11) is 0. The molecule has 0 bridgehead atoms. The van der Waals surface area contributed by atoms with Gasteiger partial charge < -0.3 is 20.0 Å². The van der Waals surface area contributed by atoms with Crippen LogP contribution >= 0.6 is 34.5 Å². The average molecular weight is 560 g/mol. The Morgan fingerprint density at radius 1 is 1.00 bits per heavy atom. The highest BCUT2D eigenvalue weighted by Gasteiger charge is 2.24. The fraction of sp³-hybridized carbons (Fsp3) is 0.357. The Bertz CT molecular complexity index is 1200. The summed E-state index contributed by atoms with van der Waals surface area (Å²) in [5.41, 5.74) is 2.67. The second-order valence-electron chi connectivity index (χ2n) is 9.29. The zero-order valence-corrected chi connectivity index (χ0v) is 23.3. The number of benzene rings is 2. The second kappa shape index (κ2) is 13.3. The molecule has 1 saturated heterocycles. The van der Waals surface area contributed by atoms with Crippen LogP contribution in [0.15, 0.2) is 60.0 Å². The molecule has 6 nitrogen and oxygen atoms in total. The number of nitrogens with zero attached hydrogens (tertiary/aromatic N) is 3. The van der Waals surface area contributed by atoms with Crippen molar-refractivity contribution in [3.8, 4) is 0 Å². The fourth-order valence-electron chi connectivity index (χ4n) is 4.34. The maximum Gasteiger partial charge on any atom is 0.322 e. The summed E-state index contributed by atoms with van der Waals surface area (Å²) in [5.74, 6) is -0.101. The minimum atomic E-state index is -0.358. The van der Waals surface area contributed by atoms with Gasteiger partial charge in [-0.2, -0.15) is 0 Å². The predicted molar refractivity (Wildman–Crippen MR) is 152 cm³/mol. The Hall–Kier alpha value is -2.58. The maximum absolute atomic E-state index is 13.7. The van der Waals surface area contributed by atoms with Crippen molar-refractivity contribution in [1.82, 2.24) is 14.7 Å². The highest BCUT2D eigenvalue weighted by atomic mass is 35.5. The molecule has 1 fully saturated rings. The lowest BCUT2D eigenvalue weighted by molar-refractivity contribution is -0.133. The Kier molecular flexibility index (Phi) is 9.86. The van der Waals surface area contributed by atoms with Crippen LogP contribution in [-0.2, 0) is 17.9 Å². The van der Waals surface area contributed by atoms with Crippen molar-refractivity contribution in [1.29, 1.82) is 0 Å². The van der Waals surface area contributed by atoms with Crippen molar-refractivity contribution in [2.45, 2.75) is 32.9 Å². The van der Waals surface area contributed by atoms with E-state index in [9.17, 15) is 9.59 Å². The largest absolute Gasteiger partial charge is 0.332 e. The number of thiophene rings is 1. The summed E-state index contributed by atoms with van der Waals surface area (Å²) in [6, 6.07) is 16.6. The number of urea groups is 1. The lowest BCUT2D eigenvalue weighted by Crippen LogP contribution is -2.46. The number of nitrogens with one attached hydrogen (secondary N) is 1. The van der Waals surface area contributed by atoms with Gasteiger partial charge >= 0.3 is 6.03 Å². The number of halogens is 2. The van der Waals surface area contributed by atoms with Crippen LogP contribution in [0.3, 0.4) is 0 Å². The number of carbonyl (C=O) groups excluding carboxylic acids is 2. The molecular formula is C28H32Cl2N4O2S. The lowest BCUT2D eigenvalue weighted by atomic mass is 10.2. The Morgan fingerprint density at radius 2 is 1.76 bits per heavy atom. The van der Waals surface area contributed by atoms with Crippen molar-refractivity contribution in [2.75, 3.05) is 38.0 Å². The zero-order valence-electron chi connectivity index (χ0n) is 21.0. The highest BCUT2D eigenvalue weighted by Crippen LogP contribution is 2.26. The van der Waals surface area contributed by atoms with Gasteiger partial charge in [0.1, 0.15) is 6.54 Å². The maximum atomic E-state index is 13.7. The van der Waals surface area contributed by atoms with Gasteiger partial charge in [0.25, 0.3) is 0 Å². The number of hydrogen-bond donors (Lipinski definition) is 1. The third-order valence-corrected chi connectivity index (χ3v) is 8.10. The summed E-state index contributed by atoms with van der Waals surface area (Å²) in [6.45, 7) is 6.21. The van der Waals surface area contributed by atoms with Gasteiger partial charge in [0.2, 0.25) is 5.91 Å². The number of carbonyl (C=O) groups is 2. The number of likely N-dealkylation sites (tertiary alicyclic amines) is 1. The molecule has 2 aromatic carbocycles. The van der Waals surface area contributed by atoms with Gasteiger partial charge in [-0.25, -0.2) is 4.79 Å². The molecule has 37 heavy (non-hydrogen) atoms. The quantitative estimate of drug-likeness (QED) is 0.308. The standard InChI is InChI=1S/C28H32Cl2N4O2S/c1-21-11-16-37-26(21)19-34(18-22-7-3-2-4-8-22)27(35)20-33(15-14-32-12-5-6-13-32)28(36)31-25-10-9-23(29)17-24(25)30/h2-4,7-11,16-17H,5-6,12-15,18-20H2,1H3,(H,31,36). The molecule has 0 saturated carbocycles. The van der Waals surface area contributed by atoms with Gasteiger partial charge in [0, 0.05) is 29.5 Å². The van der Waals surface area contributed by atoms with Crippen LogP contribution in [0.1, 0.15) is 28.8 Å². The normalized spacial score (nSPS) is 13.5. The van der Waals surface area contributed by atoms with E-state index in [1.165, 1.54) is 0 Å². The first-order chi connectivity index (χ1) is 17.9. The third-order valence-electron chi connectivity index (χ3n) is 6.54. The predicted octanol–water partition coefficient (Wildman–Crippen LogP) is 6.52. The van der Waals surface area contributed by atoms with Crippen LogP contribution in [0.2, 0.25) is 10.0 Å².